The Morgan fingerprint density at radius 2 is 2.08 bits per heavy atom. The molecule has 0 aromatic carbocycles. The number of aliphatic hydroxyl groups is 1. The summed E-state index contributed by atoms with van der Waals surface area (Å²) < 4.78 is 0.941. The van der Waals surface area contributed by atoms with Gasteiger partial charge in [-0.2, -0.15) is 0 Å². The number of nitrogens with two attached hydrogens (primary N) is 2. The van der Waals surface area contributed by atoms with E-state index in [1.54, 1.807) is 0 Å². The maximum absolute atomic E-state index is 11.1. The predicted octanol–water partition coefficient (Wildman–Crippen LogP) is -0.662. The molecule has 0 aliphatic rings. The third-order valence-electron chi connectivity index (χ3n) is 1.42. The number of aliphatic hydroxyl groups excluding tert-OH is 1. The lowest BCUT2D eigenvalue weighted by molar-refractivity contribution is 0.150. The van der Waals surface area contributed by atoms with Crippen LogP contribution >= 0.6 is 0 Å². The van der Waals surface area contributed by atoms with E-state index in [4.69, 9.17) is 16.6 Å². The summed E-state index contributed by atoms with van der Waals surface area (Å²) in [6, 6.07) is 2.56. The largest absolute Gasteiger partial charge is 0.398 e. The number of aromatic nitrogens is 1. The van der Waals surface area contributed by atoms with E-state index < -0.39 is 11.8 Å². The average Bonchev–Trinajstić information content (AvgIpc) is 1.82. The number of hydrogen-bond donors (Lipinski definition) is 3. The van der Waals surface area contributed by atoms with Crippen LogP contribution in [0.5, 0.6) is 0 Å². The number of rotatable bonds is 1. The minimum atomic E-state index is -1.18. The predicted molar refractivity (Wildman–Crippen MR) is 46.1 cm³/mol. The van der Waals surface area contributed by atoms with Crippen molar-refractivity contribution in [2.75, 3.05) is 11.5 Å². The average molecular weight is 168 g/mol. The maximum atomic E-state index is 11.1. The molecule has 0 saturated carbocycles. The van der Waals surface area contributed by atoms with E-state index in [9.17, 15) is 4.79 Å². The second kappa shape index (κ2) is 2.86. The minimum Gasteiger partial charge on any atom is -0.398 e. The van der Waals surface area contributed by atoms with Crippen molar-refractivity contribution < 1.29 is 5.11 Å². The molecule has 5 nitrogen and oxygen atoms in total. The van der Waals surface area contributed by atoms with Crippen molar-refractivity contribution in [3.63, 3.8) is 0 Å². The first-order valence-corrected chi connectivity index (χ1v) is 3.31. The summed E-state index contributed by atoms with van der Waals surface area (Å²) in [5, 5.41) is 9.01. The molecule has 0 bridgehead atoms. The number of hydrogen-bond acceptors (Lipinski definition) is 4. The molecule has 0 aliphatic carbocycles. The molecule has 1 rings (SSSR count). The molecule has 12 heavy (non-hydrogen) atoms. The summed E-state index contributed by atoms with van der Waals surface area (Å²) in [6.07, 6.45) is -1.18. The normalized spacial score (nSPS) is 12.8. The Morgan fingerprint density at radius 3 is 2.50 bits per heavy atom. The van der Waals surface area contributed by atoms with E-state index in [0.717, 1.165) is 4.57 Å². The number of nitrogen functional groups attached to an aromatic ring is 2. The fourth-order valence-corrected chi connectivity index (χ4v) is 0.940. The van der Waals surface area contributed by atoms with E-state index in [1.165, 1.54) is 12.1 Å². The first-order valence-electron chi connectivity index (χ1n) is 3.31. The summed E-state index contributed by atoms with van der Waals surface area (Å²) >= 11 is 0. The quantitative estimate of drug-likeness (QED) is 0.518. The molecule has 0 saturated heterocycles. The summed E-state index contributed by atoms with van der Waals surface area (Å²) in [5.74, 6) is 0.0995. The Hall–Kier alpha value is -1.49. The lowest BCUT2D eigenvalue weighted by Crippen LogP contribution is -2.25. The lowest BCUT2D eigenvalue weighted by Gasteiger charge is -2.11. The van der Waals surface area contributed by atoms with Crippen molar-refractivity contribution in [2.24, 2.45) is 0 Å². The second-order valence-corrected chi connectivity index (χ2v) is 2.40. The molecule has 1 atom stereocenters. The van der Waals surface area contributed by atoms with E-state index in [2.05, 4.69) is 6.92 Å². The van der Waals surface area contributed by atoms with Crippen LogP contribution in [0.25, 0.3) is 0 Å². The van der Waals surface area contributed by atoms with Gasteiger partial charge in [0.2, 0.25) is 0 Å². The SMILES string of the molecule is [CH2]C(O)n1c(N)cc(N)cc1=O. The standard InChI is InChI=1S/C7H10N3O2/c1-4(11)10-6(9)2-5(8)3-7(10)12/h2-4,11H,1,8-9H2. The molecule has 0 amide bonds. The highest BCUT2D eigenvalue weighted by atomic mass is 16.3. The molecule has 1 radical (unpaired) electrons. The van der Waals surface area contributed by atoms with Gasteiger partial charge >= 0.3 is 0 Å². The van der Waals surface area contributed by atoms with Crippen LogP contribution in [0.2, 0.25) is 0 Å². The molecule has 1 heterocycles. The van der Waals surface area contributed by atoms with Gasteiger partial charge in [0.25, 0.3) is 5.56 Å². The van der Waals surface area contributed by atoms with Crippen molar-refractivity contribution in [1.82, 2.24) is 4.57 Å². The molecule has 5 heteroatoms. The molecule has 1 aromatic rings. The Kier molecular flexibility index (Phi) is 2.05. The number of pyridine rings is 1. The van der Waals surface area contributed by atoms with Gasteiger partial charge in [-0.1, -0.05) is 0 Å². The zero-order valence-electron chi connectivity index (χ0n) is 6.40. The van der Waals surface area contributed by atoms with Gasteiger partial charge in [-0.3, -0.25) is 9.36 Å². The van der Waals surface area contributed by atoms with E-state index in [-0.39, 0.29) is 11.5 Å². The van der Waals surface area contributed by atoms with Gasteiger partial charge in [0, 0.05) is 17.8 Å². The van der Waals surface area contributed by atoms with E-state index in [1.807, 2.05) is 0 Å². The van der Waals surface area contributed by atoms with Gasteiger partial charge in [0.1, 0.15) is 12.0 Å². The number of nitrogens with zero attached hydrogens (tertiary/aromatic N) is 1. The molecule has 0 aliphatic heterocycles. The minimum absolute atomic E-state index is 0.0995. The van der Waals surface area contributed by atoms with Crippen LogP contribution in [0.15, 0.2) is 16.9 Å². The Labute approximate surface area is 69.2 Å². The van der Waals surface area contributed by atoms with Crippen molar-refractivity contribution >= 4 is 11.5 Å². The molecule has 0 fully saturated rings. The van der Waals surface area contributed by atoms with Crippen molar-refractivity contribution in [1.29, 1.82) is 0 Å². The topological polar surface area (TPSA) is 94.3 Å². The van der Waals surface area contributed by atoms with Crippen LogP contribution in [0.3, 0.4) is 0 Å². The first kappa shape index (κ1) is 8.61. The maximum Gasteiger partial charge on any atom is 0.256 e. The second-order valence-electron chi connectivity index (χ2n) is 2.40. The summed E-state index contributed by atoms with van der Waals surface area (Å²) in [4.78, 5) is 11.1. The van der Waals surface area contributed by atoms with Crippen LogP contribution in [0.4, 0.5) is 11.5 Å². The van der Waals surface area contributed by atoms with E-state index in [0.29, 0.717) is 0 Å². The van der Waals surface area contributed by atoms with Crippen LogP contribution in [-0.4, -0.2) is 9.67 Å². The van der Waals surface area contributed by atoms with Crippen LogP contribution in [-0.2, 0) is 0 Å². The van der Waals surface area contributed by atoms with Crippen molar-refractivity contribution in [3.8, 4) is 0 Å². The molecular formula is C7H10N3O2. The summed E-state index contributed by atoms with van der Waals surface area (Å²) in [7, 11) is 0. The highest BCUT2D eigenvalue weighted by Gasteiger charge is 2.06. The van der Waals surface area contributed by atoms with Gasteiger partial charge in [0.15, 0.2) is 0 Å². The van der Waals surface area contributed by atoms with Crippen molar-refractivity contribution in [2.45, 2.75) is 6.23 Å². The molecule has 5 N–H and O–H groups in total. The summed E-state index contributed by atoms with van der Waals surface area (Å²) in [6.45, 7) is 3.26. The zero-order chi connectivity index (χ0) is 9.30. The third kappa shape index (κ3) is 1.40. The van der Waals surface area contributed by atoms with Crippen LogP contribution in [0.1, 0.15) is 6.23 Å². The van der Waals surface area contributed by atoms with Gasteiger partial charge < -0.3 is 16.6 Å². The van der Waals surface area contributed by atoms with E-state index >= 15 is 0 Å². The zero-order valence-corrected chi connectivity index (χ0v) is 6.40. The smallest absolute Gasteiger partial charge is 0.256 e. The number of anilines is 2. The van der Waals surface area contributed by atoms with Crippen molar-refractivity contribution in [3.05, 3.63) is 29.4 Å². The Morgan fingerprint density at radius 1 is 1.50 bits per heavy atom. The summed E-state index contributed by atoms with van der Waals surface area (Å²) in [5.41, 5.74) is 10.5. The molecular weight excluding hydrogens is 158 g/mol. The van der Waals surface area contributed by atoms with Crippen LogP contribution < -0.4 is 17.0 Å². The van der Waals surface area contributed by atoms with Gasteiger partial charge in [-0.15, -0.1) is 0 Å². The fourth-order valence-electron chi connectivity index (χ4n) is 0.940. The molecule has 0 spiro atoms. The highest BCUT2D eigenvalue weighted by molar-refractivity contribution is 5.46. The molecule has 65 valence electrons. The third-order valence-corrected chi connectivity index (χ3v) is 1.42. The Balaban J connectivity index is 3.39. The lowest BCUT2D eigenvalue weighted by atomic mass is 10.3. The van der Waals surface area contributed by atoms with Gasteiger partial charge in [0.05, 0.1) is 0 Å². The molecule has 1 aromatic heterocycles. The molecule has 1 unspecified atom stereocenters. The Bertz CT molecular complexity index is 343. The van der Waals surface area contributed by atoms with Gasteiger partial charge in [-0.05, 0) is 6.92 Å². The monoisotopic (exact) mass is 168 g/mol. The highest BCUT2D eigenvalue weighted by Crippen LogP contribution is 2.08. The van der Waals surface area contributed by atoms with Gasteiger partial charge in [-0.25, -0.2) is 0 Å². The van der Waals surface area contributed by atoms with Crippen LogP contribution in [0, 0.1) is 6.92 Å². The first-order chi connectivity index (χ1) is 5.52. The fraction of sp³-hybridized carbons (Fsp3) is 0.143.